The highest BCUT2D eigenvalue weighted by atomic mass is 16.5. The van der Waals surface area contributed by atoms with Gasteiger partial charge in [-0.2, -0.15) is 10.2 Å². The molecule has 0 fully saturated rings. The van der Waals surface area contributed by atoms with Crippen LogP contribution in [0.25, 0.3) is 5.69 Å². The van der Waals surface area contributed by atoms with E-state index in [4.69, 9.17) is 5.73 Å². The monoisotopic (exact) mass is 261 g/mol. The zero-order valence-corrected chi connectivity index (χ0v) is 10.3. The molecule has 0 saturated carbocycles. The molecule has 7 nitrogen and oxygen atoms in total. The molecule has 0 aliphatic rings. The lowest BCUT2D eigenvalue weighted by molar-refractivity contribution is 0.156. The summed E-state index contributed by atoms with van der Waals surface area (Å²) in [5, 5.41) is 11.4. The van der Waals surface area contributed by atoms with Crippen molar-refractivity contribution in [3.8, 4) is 5.69 Å². The molecule has 0 saturated heterocycles. The first kappa shape index (κ1) is 12.9. The molecule has 2 aromatic rings. The number of nitrogens with zero attached hydrogens (tertiary/aromatic N) is 3. The summed E-state index contributed by atoms with van der Waals surface area (Å²) in [5.41, 5.74) is 6.65. The molecule has 1 aromatic heterocycles. The van der Waals surface area contributed by atoms with Gasteiger partial charge in [-0.25, -0.2) is 4.79 Å². The molecule has 2 rings (SSSR count). The van der Waals surface area contributed by atoms with Gasteiger partial charge in [-0.05, 0) is 18.6 Å². The molecule has 0 bridgehead atoms. The van der Waals surface area contributed by atoms with E-state index in [1.165, 1.54) is 0 Å². The lowest BCUT2D eigenvalue weighted by atomic mass is 10.2. The zero-order valence-electron chi connectivity index (χ0n) is 10.3. The molecule has 0 unspecified atom stereocenters. The van der Waals surface area contributed by atoms with Gasteiger partial charge in [0.1, 0.15) is 5.69 Å². The van der Waals surface area contributed by atoms with Crippen LogP contribution in [0.1, 0.15) is 6.42 Å². The van der Waals surface area contributed by atoms with Gasteiger partial charge in [0, 0.05) is 6.54 Å². The molecule has 1 aromatic carbocycles. The lowest BCUT2D eigenvalue weighted by Crippen LogP contribution is -2.16. The molecule has 0 atom stereocenters. The van der Waals surface area contributed by atoms with Crippen molar-refractivity contribution in [2.45, 2.75) is 6.42 Å². The number of carbonyl (C=O) groups is 1. The van der Waals surface area contributed by atoms with Crippen molar-refractivity contribution in [3.63, 3.8) is 0 Å². The fourth-order valence-corrected chi connectivity index (χ4v) is 1.61. The van der Waals surface area contributed by atoms with Crippen LogP contribution in [-0.4, -0.2) is 34.2 Å². The number of nitrogens with one attached hydrogen (secondary N) is 1. The number of aromatic nitrogens is 3. The summed E-state index contributed by atoms with van der Waals surface area (Å²) in [6.07, 6.45) is 3.17. The summed E-state index contributed by atoms with van der Waals surface area (Å²) in [4.78, 5) is 11.9. The van der Waals surface area contributed by atoms with Crippen LogP contribution in [0.2, 0.25) is 0 Å². The van der Waals surface area contributed by atoms with E-state index in [2.05, 4.69) is 20.3 Å². The molecule has 3 N–H and O–H groups in total. The van der Waals surface area contributed by atoms with Crippen LogP contribution in [0.4, 0.5) is 10.5 Å². The minimum Gasteiger partial charge on any atom is -0.450 e. The second-order valence-corrected chi connectivity index (χ2v) is 3.78. The van der Waals surface area contributed by atoms with Crippen molar-refractivity contribution < 1.29 is 9.53 Å². The number of ether oxygens (including phenoxy) is 1. The molecular weight excluding hydrogens is 246 g/mol. The highest BCUT2D eigenvalue weighted by Crippen LogP contribution is 2.17. The molecular formula is C12H15N5O2. The van der Waals surface area contributed by atoms with Gasteiger partial charge in [-0.1, -0.05) is 12.1 Å². The topological polar surface area (TPSA) is 95.1 Å². The smallest absolute Gasteiger partial charge is 0.404 e. The number of hydrogen-bond acceptors (Lipinski definition) is 5. The Labute approximate surface area is 110 Å². The Balaban J connectivity index is 1.92. The third kappa shape index (κ3) is 3.70. The third-order valence-electron chi connectivity index (χ3n) is 2.42. The molecule has 0 radical (unpaired) electrons. The number of para-hydroxylation sites is 2. The zero-order chi connectivity index (χ0) is 13.5. The van der Waals surface area contributed by atoms with Crippen LogP contribution < -0.4 is 11.1 Å². The first-order chi connectivity index (χ1) is 9.27. The lowest BCUT2D eigenvalue weighted by Gasteiger charge is -2.10. The first-order valence-corrected chi connectivity index (χ1v) is 5.89. The van der Waals surface area contributed by atoms with E-state index in [-0.39, 0.29) is 0 Å². The van der Waals surface area contributed by atoms with Crippen LogP contribution in [0.5, 0.6) is 0 Å². The standard InChI is InChI=1S/C12H15N5O2/c13-12(18)19-9-3-6-14-10-4-1-2-5-11(10)17-15-7-8-16-17/h1-2,4-5,7-8,14H,3,6,9H2,(H2,13,18). The fraction of sp³-hybridized carbons (Fsp3) is 0.250. The largest absolute Gasteiger partial charge is 0.450 e. The number of rotatable bonds is 6. The minimum atomic E-state index is -0.749. The van der Waals surface area contributed by atoms with E-state index in [0.717, 1.165) is 11.4 Å². The maximum Gasteiger partial charge on any atom is 0.404 e. The summed E-state index contributed by atoms with van der Waals surface area (Å²) < 4.78 is 4.65. The van der Waals surface area contributed by atoms with E-state index in [1.54, 1.807) is 17.2 Å². The summed E-state index contributed by atoms with van der Waals surface area (Å²) in [7, 11) is 0. The van der Waals surface area contributed by atoms with Crippen LogP contribution in [0.3, 0.4) is 0 Å². The second-order valence-electron chi connectivity index (χ2n) is 3.78. The average molecular weight is 261 g/mol. The molecule has 19 heavy (non-hydrogen) atoms. The molecule has 0 aliphatic heterocycles. The Morgan fingerprint density at radius 3 is 2.79 bits per heavy atom. The number of anilines is 1. The van der Waals surface area contributed by atoms with Crippen molar-refractivity contribution in [2.24, 2.45) is 5.73 Å². The third-order valence-corrected chi connectivity index (χ3v) is 2.42. The Morgan fingerprint density at radius 2 is 2.05 bits per heavy atom. The number of benzene rings is 1. The first-order valence-electron chi connectivity index (χ1n) is 5.89. The van der Waals surface area contributed by atoms with Gasteiger partial charge >= 0.3 is 6.09 Å². The maximum absolute atomic E-state index is 10.4. The number of carbonyl (C=O) groups excluding carboxylic acids is 1. The number of amides is 1. The molecule has 1 amide bonds. The SMILES string of the molecule is NC(=O)OCCCNc1ccccc1-n1nccn1. The van der Waals surface area contributed by atoms with E-state index in [0.29, 0.717) is 19.6 Å². The Bertz CT molecular complexity index is 527. The molecule has 1 heterocycles. The quantitative estimate of drug-likeness (QED) is 0.761. The maximum atomic E-state index is 10.4. The molecule has 100 valence electrons. The molecule has 0 spiro atoms. The Hall–Kier alpha value is -2.57. The van der Waals surface area contributed by atoms with Gasteiger partial charge in [0.2, 0.25) is 0 Å². The minimum absolute atomic E-state index is 0.296. The highest BCUT2D eigenvalue weighted by Gasteiger charge is 2.04. The molecule has 7 heteroatoms. The number of primary amides is 1. The second kappa shape index (κ2) is 6.39. The van der Waals surface area contributed by atoms with Gasteiger partial charge in [-0.3, -0.25) is 0 Å². The van der Waals surface area contributed by atoms with Gasteiger partial charge in [0.15, 0.2) is 0 Å². The predicted octanol–water partition coefficient (Wildman–Crippen LogP) is 1.16. The van der Waals surface area contributed by atoms with Crippen LogP contribution in [-0.2, 0) is 4.74 Å². The van der Waals surface area contributed by atoms with Crippen molar-refractivity contribution in [1.29, 1.82) is 0 Å². The normalized spacial score (nSPS) is 10.1. The van der Waals surface area contributed by atoms with Crippen LogP contribution in [0.15, 0.2) is 36.7 Å². The number of hydrogen-bond donors (Lipinski definition) is 2. The van der Waals surface area contributed by atoms with Crippen molar-refractivity contribution >= 4 is 11.8 Å². The van der Waals surface area contributed by atoms with Gasteiger partial charge in [-0.15, -0.1) is 4.80 Å². The highest BCUT2D eigenvalue weighted by molar-refractivity contribution is 5.64. The van der Waals surface area contributed by atoms with Crippen molar-refractivity contribution in [3.05, 3.63) is 36.7 Å². The van der Waals surface area contributed by atoms with Crippen LogP contribution >= 0.6 is 0 Å². The van der Waals surface area contributed by atoms with E-state index in [9.17, 15) is 4.79 Å². The molecule has 0 aliphatic carbocycles. The van der Waals surface area contributed by atoms with Gasteiger partial charge < -0.3 is 15.8 Å². The van der Waals surface area contributed by atoms with E-state index in [1.807, 2.05) is 24.3 Å². The summed E-state index contributed by atoms with van der Waals surface area (Å²) in [6.45, 7) is 0.954. The number of nitrogens with two attached hydrogens (primary N) is 1. The fourth-order valence-electron chi connectivity index (χ4n) is 1.61. The van der Waals surface area contributed by atoms with Crippen molar-refractivity contribution in [1.82, 2.24) is 15.0 Å². The Kier molecular flexibility index (Phi) is 4.33. The predicted molar refractivity (Wildman–Crippen MR) is 70.0 cm³/mol. The summed E-state index contributed by atoms with van der Waals surface area (Å²) in [5.74, 6) is 0. The van der Waals surface area contributed by atoms with Gasteiger partial charge in [0.25, 0.3) is 0 Å². The summed E-state index contributed by atoms with van der Waals surface area (Å²) in [6, 6.07) is 7.70. The summed E-state index contributed by atoms with van der Waals surface area (Å²) >= 11 is 0. The van der Waals surface area contributed by atoms with E-state index >= 15 is 0 Å². The van der Waals surface area contributed by atoms with Crippen LogP contribution in [0, 0.1) is 0 Å². The average Bonchev–Trinajstić information content (AvgIpc) is 2.92. The van der Waals surface area contributed by atoms with E-state index < -0.39 is 6.09 Å². The van der Waals surface area contributed by atoms with Gasteiger partial charge in [0.05, 0.1) is 24.7 Å². The Morgan fingerprint density at radius 1 is 1.32 bits per heavy atom. The van der Waals surface area contributed by atoms with Crippen molar-refractivity contribution in [2.75, 3.05) is 18.5 Å².